The molecule has 2 aliphatic rings. The molecule has 5 nitrogen and oxygen atoms in total. The zero-order valence-corrected chi connectivity index (χ0v) is 15.7. The Balaban J connectivity index is 1.72. The van der Waals surface area contributed by atoms with Gasteiger partial charge in [-0.2, -0.15) is 4.31 Å². The lowest BCUT2D eigenvalue weighted by atomic mass is 9.77. The number of likely N-dealkylation sites (N-methyl/N-ethyl adjacent to an activating group) is 1. The summed E-state index contributed by atoms with van der Waals surface area (Å²) in [5.41, 5.74) is 0.792. The molecule has 0 amide bonds. The highest BCUT2D eigenvalue weighted by Gasteiger charge is 2.53. The predicted octanol–water partition coefficient (Wildman–Crippen LogP) is 2.12. The number of piperidine rings is 1. The van der Waals surface area contributed by atoms with Crippen LogP contribution in [0, 0.1) is 12.8 Å². The summed E-state index contributed by atoms with van der Waals surface area (Å²) >= 11 is 0. The number of sulfonamides is 1. The molecule has 1 atom stereocenters. The van der Waals surface area contributed by atoms with Crippen molar-refractivity contribution in [2.75, 3.05) is 39.9 Å². The van der Waals surface area contributed by atoms with Crippen LogP contribution >= 0.6 is 0 Å². The van der Waals surface area contributed by atoms with Crippen molar-refractivity contribution < 1.29 is 13.2 Å². The van der Waals surface area contributed by atoms with Crippen molar-refractivity contribution >= 4 is 10.0 Å². The molecular formula is C18H28N2O3S. The number of ether oxygens (including phenoxy) is 1. The summed E-state index contributed by atoms with van der Waals surface area (Å²) in [4.78, 5) is 2.78. The smallest absolute Gasteiger partial charge is 0.243 e. The van der Waals surface area contributed by atoms with E-state index in [1.807, 2.05) is 26.0 Å². The van der Waals surface area contributed by atoms with E-state index in [0.717, 1.165) is 38.2 Å². The van der Waals surface area contributed by atoms with E-state index in [2.05, 4.69) is 11.9 Å². The molecule has 0 bridgehead atoms. The van der Waals surface area contributed by atoms with E-state index in [4.69, 9.17) is 4.74 Å². The SMILES string of the molecule is CCOC[C@H]1CCN(C)C2(C1)CN(S(=O)(=O)c1ccccc1C)C2. The summed E-state index contributed by atoms with van der Waals surface area (Å²) in [5.74, 6) is 0.532. The van der Waals surface area contributed by atoms with E-state index >= 15 is 0 Å². The molecule has 134 valence electrons. The van der Waals surface area contributed by atoms with E-state index in [1.165, 1.54) is 0 Å². The molecular weight excluding hydrogens is 324 g/mol. The Hall–Kier alpha value is -0.950. The quantitative estimate of drug-likeness (QED) is 0.814. The lowest BCUT2D eigenvalue weighted by Gasteiger charge is -2.57. The van der Waals surface area contributed by atoms with Crippen LogP contribution in [0.15, 0.2) is 29.2 Å². The van der Waals surface area contributed by atoms with Gasteiger partial charge >= 0.3 is 0 Å². The van der Waals surface area contributed by atoms with Gasteiger partial charge in [0.05, 0.1) is 4.90 Å². The summed E-state index contributed by atoms with van der Waals surface area (Å²) in [6.07, 6.45) is 2.14. The third kappa shape index (κ3) is 3.12. The van der Waals surface area contributed by atoms with Gasteiger partial charge in [0.25, 0.3) is 0 Å². The van der Waals surface area contributed by atoms with Gasteiger partial charge in [-0.3, -0.25) is 4.90 Å². The van der Waals surface area contributed by atoms with Gasteiger partial charge in [-0.25, -0.2) is 8.42 Å². The maximum Gasteiger partial charge on any atom is 0.243 e. The molecule has 24 heavy (non-hydrogen) atoms. The molecule has 1 aromatic carbocycles. The van der Waals surface area contributed by atoms with Crippen molar-refractivity contribution in [3.05, 3.63) is 29.8 Å². The zero-order chi connectivity index (χ0) is 17.4. The van der Waals surface area contributed by atoms with Crippen LogP contribution in [-0.2, 0) is 14.8 Å². The van der Waals surface area contributed by atoms with Crippen LogP contribution in [0.25, 0.3) is 0 Å². The molecule has 0 aliphatic carbocycles. The van der Waals surface area contributed by atoms with Gasteiger partial charge in [0, 0.05) is 31.8 Å². The molecule has 0 radical (unpaired) electrons. The molecule has 0 unspecified atom stereocenters. The Morgan fingerprint density at radius 1 is 1.29 bits per heavy atom. The first-order chi connectivity index (χ1) is 11.4. The minimum Gasteiger partial charge on any atom is -0.381 e. The van der Waals surface area contributed by atoms with Crippen LogP contribution in [0.1, 0.15) is 25.3 Å². The summed E-state index contributed by atoms with van der Waals surface area (Å²) in [7, 11) is -1.27. The summed E-state index contributed by atoms with van der Waals surface area (Å²) < 4.78 is 33.0. The normalized spacial score (nSPS) is 24.9. The number of hydrogen-bond acceptors (Lipinski definition) is 4. The number of likely N-dealkylation sites (tertiary alicyclic amines) is 1. The second-order valence-electron chi connectivity index (χ2n) is 7.20. The third-order valence-electron chi connectivity index (χ3n) is 5.56. The van der Waals surface area contributed by atoms with Crippen molar-refractivity contribution in [3.8, 4) is 0 Å². The Morgan fingerprint density at radius 2 is 2.00 bits per heavy atom. The van der Waals surface area contributed by atoms with Crippen molar-refractivity contribution in [1.82, 2.24) is 9.21 Å². The zero-order valence-electron chi connectivity index (χ0n) is 14.9. The lowest BCUT2D eigenvalue weighted by Crippen LogP contribution is -2.72. The standard InChI is InChI=1S/C18H28N2O3S/c1-4-23-12-16-9-10-19(3)18(11-16)13-20(14-18)24(21,22)17-8-6-5-7-15(17)2/h5-8,16H,4,9-14H2,1-3H3/t16-/m0/s1. The average molecular weight is 353 g/mol. The molecule has 6 heteroatoms. The highest BCUT2D eigenvalue weighted by Crippen LogP contribution is 2.40. The average Bonchev–Trinajstić information content (AvgIpc) is 2.52. The molecule has 1 spiro atoms. The lowest BCUT2D eigenvalue weighted by molar-refractivity contribution is -0.0577. The molecule has 1 aromatic rings. The Kier molecular flexibility index (Phi) is 5.02. The van der Waals surface area contributed by atoms with Crippen LogP contribution in [-0.4, -0.2) is 63.1 Å². The first-order valence-corrected chi connectivity index (χ1v) is 10.2. The molecule has 0 N–H and O–H groups in total. The van der Waals surface area contributed by atoms with Crippen LogP contribution in [0.3, 0.4) is 0 Å². The Labute approximate surface area is 145 Å². The van der Waals surface area contributed by atoms with Crippen molar-refractivity contribution in [2.24, 2.45) is 5.92 Å². The van der Waals surface area contributed by atoms with Crippen LogP contribution in [0.5, 0.6) is 0 Å². The summed E-state index contributed by atoms with van der Waals surface area (Å²) in [6.45, 7) is 7.59. The van der Waals surface area contributed by atoms with Crippen molar-refractivity contribution in [1.29, 1.82) is 0 Å². The van der Waals surface area contributed by atoms with Gasteiger partial charge in [-0.05, 0) is 57.8 Å². The molecule has 2 heterocycles. The Bertz CT molecular complexity index is 681. The highest BCUT2D eigenvalue weighted by molar-refractivity contribution is 7.89. The first kappa shape index (κ1) is 17.9. The largest absolute Gasteiger partial charge is 0.381 e. The van der Waals surface area contributed by atoms with Crippen LogP contribution in [0.4, 0.5) is 0 Å². The fourth-order valence-corrected chi connectivity index (χ4v) is 5.80. The second-order valence-corrected chi connectivity index (χ2v) is 9.11. The molecule has 2 aliphatic heterocycles. The number of hydrogen-bond donors (Lipinski definition) is 0. The fraction of sp³-hybridized carbons (Fsp3) is 0.667. The van der Waals surface area contributed by atoms with Gasteiger partial charge in [-0.15, -0.1) is 0 Å². The van der Waals surface area contributed by atoms with E-state index in [-0.39, 0.29) is 5.54 Å². The number of aryl methyl sites for hydroxylation is 1. The number of nitrogens with zero attached hydrogens (tertiary/aromatic N) is 2. The van der Waals surface area contributed by atoms with Gasteiger partial charge in [-0.1, -0.05) is 18.2 Å². The van der Waals surface area contributed by atoms with E-state index in [9.17, 15) is 8.42 Å². The van der Waals surface area contributed by atoms with Gasteiger partial charge < -0.3 is 4.74 Å². The summed E-state index contributed by atoms with van der Waals surface area (Å²) in [6, 6.07) is 7.23. The van der Waals surface area contributed by atoms with Crippen molar-refractivity contribution in [3.63, 3.8) is 0 Å². The Morgan fingerprint density at radius 3 is 2.67 bits per heavy atom. The molecule has 0 aromatic heterocycles. The minimum atomic E-state index is -3.39. The van der Waals surface area contributed by atoms with Crippen LogP contribution in [0.2, 0.25) is 0 Å². The highest BCUT2D eigenvalue weighted by atomic mass is 32.2. The van der Waals surface area contributed by atoms with Crippen molar-refractivity contribution in [2.45, 2.75) is 37.1 Å². The monoisotopic (exact) mass is 352 g/mol. The van der Waals surface area contributed by atoms with Gasteiger partial charge in [0.15, 0.2) is 0 Å². The van der Waals surface area contributed by atoms with Gasteiger partial charge in [0.1, 0.15) is 0 Å². The number of benzene rings is 1. The molecule has 3 rings (SSSR count). The van der Waals surface area contributed by atoms with E-state index in [0.29, 0.717) is 23.9 Å². The predicted molar refractivity (Wildman–Crippen MR) is 94.5 cm³/mol. The van der Waals surface area contributed by atoms with E-state index < -0.39 is 10.0 Å². The number of rotatable bonds is 5. The fourth-order valence-electron chi connectivity index (χ4n) is 3.97. The van der Waals surface area contributed by atoms with Crippen LogP contribution < -0.4 is 0 Å². The topological polar surface area (TPSA) is 49.9 Å². The summed E-state index contributed by atoms with van der Waals surface area (Å²) in [5, 5.41) is 0. The maximum atomic E-state index is 12.9. The first-order valence-electron chi connectivity index (χ1n) is 8.74. The maximum absolute atomic E-state index is 12.9. The molecule has 2 saturated heterocycles. The van der Waals surface area contributed by atoms with Gasteiger partial charge in [0.2, 0.25) is 10.0 Å². The second kappa shape index (κ2) is 6.75. The third-order valence-corrected chi connectivity index (χ3v) is 7.51. The molecule has 0 saturated carbocycles. The van der Waals surface area contributed by atoms with E-state index in [1.54, 1.807) is 16.4 Å². The minimum absolute atomic E-state index is 0.0181. The molecule has 2 fully saturated rings.